The van der Waals surface area contributed by atoms with Gasteiger partial charge in [0.05, 0.1) is 0 Å². The first-order valence-corrected chi connectivity index (χ1v) is 6.34. The van der Waals surface area contributed by atoms with Crippen LogP contribution in [0.15, 0.2) is 48.5 Å². The number of hydrogen-bond acceptors (Lipinski definition) is 2. The first-order chi connectivity index (χ1) is 9.08. The standard InChI is InChI=1S/C16H18FNO/c1-11(18)15-9-8-14(17)10-16(15)19-12(2)13-6-4-3-5-7-13/h3-12H,18H2,1-2H3/t11-,12?/m1/s1. The Morgan fingerprint density at radius 3 is 2.37 bits per heavy atom. The maximum atomic E-state index is 13.3. The third-order valence-corrected chi connectivity index (χ3v) is 3.04. The van der Waals surface area contributed by atoms with Gasteiger partial charge in [0.25, 0.3) is 0 Å². The maximum absolute atomic E-state index is 13.3. The SMILES string of the molecule is CC(Oc1cc(F)ccc1[C@@H](C)N)c1ccccc1. The van der Waals surface area contributed by atoms with E-state index in [0.29, 0.717) is 5.75 Å². The van der Waals surface area contributed by atoms with E-state index in [1.54, 1.807) is 6.07 Å². The number of hydrogen-bond donors (Lipinski definition) is 1. The van der Waals surface area contributed by atoms with Crippen molar-refractivity contribution in [3.05, 3.63) is 65.5 Å². The summed E-state index contributed by atoms with van der Waals surface area (Å²) in [6.45, 7) is 3.79. The highest BCUT2D eigenvalue weighted by Gasteiger charge is 2.13. The Kier molecular flexibility index (Phi) is 4.17. The highest BCUT2D eigenvalue weighted by molar-refractivity contribution is 5.36. The Balaban J connectivity index is 2.25. The minimum absolute atomic E-state index is 0.152. The molecule has 2 nitrogen and oxygen atoms in total. The molecule has 2 rings (SSSR count). The molecular formula is C16H18FNO. The third kappa shape index (κ3) is 3.32. The lowest BCUT2D eigenvalue weighted by molar-refractivity contribution is 0.222. The quantitative estimate of drug-likeness (QED) is 0.901. The van der Waals surface area contributed by atoms with Gasteiger partial charge in [-0.3, -0.25) is 0 Å². The molecule has 1 unspecified atom stereocenters. The molecular weight excluding hydrogens is 241 g/mol. The first kappa shape index (κ1) is 13.6. The van der Waals surface area contributed by atoms with Crippen LogP contribution in [0, 0.1) is 5.82 Å². The number of benzene rings is 2. The van der Waals surface area contributed by atoms with Crippen LogP contribution >= 0.6 is 0 Å². The molecule has 0 spiro atoms. The third-order valence-electron chi connectivity index (χ3n) is 3.04. The Hall–Kier alpha value is -1.87. The molecule has 0 aliphatic heterocycles. The first-order valence-electron chi connectivity index (χ1n) is 6.34. The molecule has 3 heteroatoms. The zero-order chi connectivity index (χ0) is 13.8. The van der Waals surface area contributed by atoms with Gasteiger partial charge in [-0.05, 0) is 25.5 Å². The normalized spacial score (nSPS) is 13.9. The summed E-state index contributed by atoms with van der Waals surface area (Å²) in [5, 5.41) is 0. The molecule has 2 atom stereocenters. The molecule has 0 aliphatic rings. The van der Waals surface area contributed by atoms with Gasteiger partial charge in [-0.1, -0.05) is 36.4 Å². The molecule has 0 heterocycles. The number of rotatable bonds is 4. The van der Waals surface area contributed by atoms with Gasteiger partial charge in [0.2, 0.25) is 0 Å². The van der Waals surface area contributed by atoms with Crippen molar-refractivity contribution in [1.82, 2.24) is 0 Å². The highest BCUT2D eigenvalue weighted by Crippen LogP contribution is 2.29. The van der Waals surface area contributed by atoms with Crippen LogP contribution < -0.4 is 10.5 Å². The van der Waals surface area contributed by atoms with Crippen molar-refractivity contribution in [2.24, 2.45) is 5.73 Å². The summed E-state index contributed by atoms with van der Waals surface area (Å²) in [5.74, 6) is 0.186. The fourth-order valence-corrected chi connectivity index (χ4v) is 1.97. The average Bonchev–Trinajstić information content (AvgIpc) is 2.39. The number of ether oxygens (including phenoxy) is 1. The molecule has 100 valence electrons. The van der Waals surface area contributed by atoms with Crippen LogP contribution in [0.5, 0.6) is 5.75 Å². The number of nitrogens with two attached hydrogens (primary N) is 1. The monoisotopic (exact) mass is 259 g/mol. The van der Waals surface area contributed by atoms with E-state index in [2.05, 4.69) is 0 Å². The molecule has 0 bridgehead atoms. The highest BCUT2D eigenvalue weighted by atomic mass is 19.1. The van der Waals surface area contributed by atoms with Crippen LogP contribution in [0.2, 0.25) is 0 Å². The Bertz CT molecular complexity index is 540. The Labute approximate surface area is 113 Å². The van der Waals surface area contributed by atoms with E-state index in [-0.39, 0.29) is 18.0 Å². The van der Waals surface area contributed by atoms with Gasteiger partial charge in [-0.25, -0.2) is 4.39 Å². The summed E-state index contributed by atoms with van der Waals surface area (Å²) in [6, 6.07) is 14.1. The van der Waals surface area contributed by atoms with Crippen molar-refractivity contribution in [1.29, 1.82) is 0 Å². The van der Waals surface area contributed by atoms with E-state index in [9.17, 15) is 4.39 Å². The second-order valence-electron chi connectivity index (χ2n) is 4.64. The summed E-state index contributed by atoms with van der Waals surface area (Å²) in [6.07, 6.45) is -0.152. The van der Waals surface area contributed by atoms with Crippen LogP contribution in [-0.4, -0.2) is 0 Å². The minimum Gasteiger partial charge on any atom is -0.486 e. The molecule has 19 heavy (non-hydrogen) atoms. The van der Waals surface area contributed by atoms with Gasteiger partial charge in [0.15, 0.2) is 0 Å². The predicted molar refractivity (Wildman–Crippen MR) is 74.5 cm³/mol. The second-order valence-corrected chi connectivity index (χ2v) is 4.64. The molecule has 0 saturated carbocycles. The van der Waals surface area contributed by atoms with Crippen LogP contribution in [0.25, 0.3) is 0 Å². The molecule has 0 aromatic heterocycles. The minimum atomic E-state index is -0.320. The van der Waals surface area contributed by atoms with Gasteiger partial charge in [0, 0.05) is 17.7 Å². The molecule has 0 amide bonds. The molecule has 2 aromatic rings. The molecule has 0 fully saturated rings. The van der Waals surface area contributed by atoms with Crippen LogP contribution in [0.3, 0.4) is 0 Å². The van der Waals surface area contributed by atoms with E-state index in [0.717, 1.165) is 11.1 Å². The molecule has 2 N–H and O–H groups in total. The summed E-state index contributed by atoms with van der Waals surface area (Å²) in [4.78, 5) is 0. The van der Waals surface area contributed by atoms with E-state index >= 15 is 0 Å². The molecule has 0 aliphatic carbocycles. The lowest BCUT2D eigenvalue weighted by Gasteiger charge is -2.19. The lowest BCUT2D eigenvalue weighted by Crippen LogP contribution is -2.10. The van der Waals surface area contributed by atoms with Crippen molar-refractivity contribution < 1.29 is 9.13 Å². The lowest BCUT2D eigenvalue weighted by atomic mass is 10.1. The van der Waals surface area contributed by atoms with Crippen LogP contribution in [0.1, 0.15) is 37.1 Å². The molecule has 2 aromatic carbocycles. The molecule has 0 saturated heterocycles. The maximum Gasteiger partial charge on any atom is 0.127 e. The van der Waals surface area contributed by atoms with Crippen LogP contribution in [-0.2, 0) is 0 Å². The van der Waals surface area contributed by atoms with Crippen molar-refractivity contribution in [2.75, 3.05) is 0 Å². The second kappa shape index (κ2) is 5.85. The number of halogens is 1. The van der Waals surface area contributed by atoms with Gasteiger partial charge >= 0.3 is 0 Å². The summed E-state index contributed by atoms with van der Waals surface area (Å²) in [5.41, 5.74) is 7.73. The van der Waals surface area contributed by atoms with Gasteiger partial charge < -0.3 is 10.5 Å². The van der Waals surface area contributed by atoms with E-state index in [1.165, 1.54) is 12.1 Å². The van der Waals surface area contributed by atoms with Gasteiger partial charge in [-0.15, -0.1) is 0 Å². The Morgan fingerprint density at radius 2 is 1.74 bits per heavy atom. The van der Waals surface area contributed by atoms with E-state index < -0.39 is 0 Å². The van der Waals surface area contributed by atoms with Crippen molar-refractivity contribution in [2.45, 2.75) is 26.0 Å². The zero-order valence-corrected chi connectivity index (χ0v) is 11.1. The summed E-state index contributed by atoms with van der Waals surface area (Å²) < 4.78 is 19.2. The topological polar surface area (TPSA) is 35.2 Å². The van der Waals surface area contributed by atoms with Crippen molar-refractivity contribution >= 4 is 0 Å². The van der Waals surface area contributed by atoms with Crippen molar-refractivity contribution in [3.63, 3.8) is 0 Å². The zero-order valence-electron chi connectivity index (χ0n) is 11.1. The van der Waals surface area contributed by atoms with Crippen LogP contribution in [0.4, 0.5) is 4.39 Å². The van der Waals surface area contributed by atoms with Gasteiger partial charge in [0.1, 0.15) is 17.7 Å². The average molecular weight is 259 g/mol. The van der Waals surface area contributed by atoms with Gasteiger partial charge in [-0.2, -0.15) is 0 Å². The van der Waals surface area contributed by atoms with E-state index in [1.807, 2.05) is 44.2 Å². The fourth-order valence-electron chi connectivity index (χ4n) is 1.97. The smallest absolute Gasteiger partial charge is 0.127 e. The van der Waals surface area contributed by atoms with E-state index in [4.69, 9.17) is 10.5 Å². The molecule has 0 radical (unpaired) electrons. The Morgan fingerprint density at radius 1 is 1.05 bits per heavy atom. The predicted octanol–water partition coefficient (Wildman–Crippen LogP) is 3.99. The fraction of sp³-hybridized carbons (Fsp3) is 0.250. The summed E-state index contributed by atoms with van der Waals surface area (Å²) in [7, 11) is 0. The summed E-state index contributed by atoms with van der Waals surface area (Å²) >= 11 is 0. The van der Waals surface area contributed by atoms with Crippen molar-refractivity contribution in [3.8, 4) is 5.75 Å². The largest absolute Gasteiger partial charge is 0.486 e.